The molecule has 1 saturated heterocycles. The van der Waals surface area contributed by atoms with E-state index in [2.05, 4.69) is 4.90 Å². The summed E-state index contributed by atoms with van der Waals surface area (Å²) in [7, 11) is 0. The molecule has 4 fully saturated rings. The SMILES string of the molecule is O=C(CCCl)N1CCCC2(CC3CCC2CC3)C1. The van der Waals surface area contributed by atoms with E-state index in [0.717, 1.165) is 24.9 Å². The second kappa shape index (κ2) is 5.03. The van der Waals surface area contributed by atoms with Gasteiger partial charge in [0.15, 0.2) is 0 Å². The van der Waals surface area contributed by atoms with Crippen molar-refractivity contribution in [1.82, 2.24) is 4.90 Å². The predicted molar refractivity (Wildman–Crippen MR) is 73.6 cm³/mol. The number of piperidine rings is 1. The summed E-state index contributed by atoms with van der Waals surface area (Å²) in [4.78, 5) is 14.2. The minimum Gasteiger partial charge on any atom is -0.342 e. The maximum Gasteiger partial charge on any atom is 0.223 e. The summed E-state index contributed by atoms with van der Waals surface area (Å²) >= 11 is 5.71. The minimum absolute atomic E-state index is 0.283. The zero-order chi connectivity index (χ0) is 12.6. The van der Waals surface area contributed by atoms with Gasteiger partial charge in [0.2, 0.25) is 5.91 Å². The lowest BCUT2D eigenvalue weighted by Crippen LogP contribution is -2.53. The smallest absolute Gasteiger partial charge is 0.223 e. The molecule has 1 heterocycles. The molecule has 3 aliphatic carbocycles. The van der Waals surface area contributed by atoms with Gasteiger partial charge in [0.1, 0.15) is 0 Å². The molecule has 0 N–H and O–H groups in total. The van der Waals surface area contributed by atoms with Crippen LogP contribution in [0.4, 0.5) is 0 Å². The molecule has 1 spiro atoms. The summed E-state index contributed by atoms with van der Waals surface area (Å²) in [6, 6.07) is 0. The number of hydrogen-bond donors (Lipinski definition) is 0. The van der Waals surface area contributed by atoms with Crippen molar-refractivity contribution in [2.24, 2.45) is 17.3 Å². The van der Waals surface area contributed by atoms with E-state index >= 15 is 0 Å². The molecule has 1 atom stereocenters. The Balaban J connectivity index is 1.71. The molecule has 4 aliphatic rings. The maximum atomic E-state index is 12.1. The van der Waals surface area contributed by atoms with E-state index in [1.807, 2.05) is 0 Å². The van der Waals surface area contributed by atoms with Gasteiger partial charge in [-0.1, -0.05) is 12.8 Å². The number of carbonyl (C=O) groups is 1. The van der Waals surface area contributed by atoms with E-state index < -0.39 is 0 Å². The largest absolute Gasteiger partial charge is 0.342 e. The third-order valence-corrected chi connectivity index (χ3v) is 5.87. The lowest BCUT2D eigenvalue weighted by atomic mass is 9.53. The zero-order valence-corrected chi connectivity index (χ0v) is 11.9. The zero-order valence-electron chi connectivity index (χ0n) is 11.2. The Labute approximate surface area is 115 Å². The Morgan fingerprint density at radius 1 is 1.28 bits per heavy atom. The van der Waals surface area contributed by atoms with Crippen molar-refractivity contribution >= 4 is 17.5 Å². The normalized spacial score (nSPS) is 39.3. The number of halogens is 1. The lowest BCUT2D eigenvalue weighted by Gasteiger charge is -2.55. The first-order valence-electron chi connectivity index (χ1n) is 7.57. The highest BCUT2D eigenvalue weighted by atomic mass is 35.5. The van der Waals surface area contributed by atoms with Crippen LogP contribution in [-0.2, 0) is 4.79 Å². The van der Waals surface area contributed by atoms with Crippen molar-refractivity contribution in [3.05, 3.63) is 0 Å². The van der Waals surface area contributed by atoms with Crippen LogP contribution in [0, 0.1) is 17.3 Å². The van der Waals surface area contributed by atoms with Crippen molar-refractivity contribution in [2.45, 2.75) is 51.4 Å². The standard InChI is InChI=1S/C15H24ClNO/c16-8-6-14(18)17-9-1-7-15(11-17)10-12-2-4-13(15)5-3-12/h12-13H,1-11H2. The number of rotatable bonds is 2. The quantitative estimate of drug-likeness (QED) is 0.704. The van der Waals surface area contributed by atoms with Crippen LogP contribution in [0.5, 0.6) is 0 Å². The molecule has 102 valence electrons. The number of carbonyl (C=O) groups excluding carboxylic acids is 1. The molecular formula is C15H24ClNO. The van der Waals surface area contributed by atoms with Crippen molar-refractivity contribution in [3.8, 4) is 0 Å². The summed E-state index contributed by atoms with van der Waals surface area (Å²) in [5.41, 5.74) is 0.487. The van der Waals surface area contributed by atoms with E-state index in [1.165, 1.54) is 44.9 Å². The average molecular weight is 270 g/mol. The molecule has 0 radical (unpaired) electrons. The Bertz CT molecular complexity index is 324. The van der Waals surface area contributed by atoms with E-state index in [-0.39, 0.29) is 5.91 Å². The molecule has 2 nitrogen and oxygen atoms in total. The van der Waals surface area contributed by atoms with Crippen LogP contribution in [0.3, 0.4) is 0 Å². The van der Waals surface area contributed by atoms with Crippen LogP contribution < -0.4 is 0 Å². The molecule has 18 heavy (non-hydrogen) atoms. The predicted octanol–water partition coefficient (Wildman–Crippen LogP) is 3.43. The first kappa shape index (κ1) is 12.8. The fourth-order valence-electron chi connectivity index (χ4n) is 4.83. The summed E-state index contributed by atoms with van der Waals surface area (Å²) < 4.78 is 0. The fraction of sp³-hybridized carbons (Fsp3) is 0.933. The van der Waals surface area contributed by atoms with Gasteiger partial charge < -0.3 is 4.90 Å². The Hall–Kier alpha value is -0.240. The van der Waals surface area contributed by atoms with E-state index in [4.69, 9.17) is 11.6 Å². The Morgan fingerprint density at radius 3 is 2.67 bits per heavy atom. The number of fused-ring (bicyclic) bond motifs is 2. The van der Waals surface area contributed by atoms with Gasteiger partial charge in [-0.2, -0.15) is 0 Å². The molecule has 1 amide bonds. The molecule has 3 saturated carbocycles. The van der Waals surface area contributed by atoms with Gasteiger partial charge in [-0.25, -0.2) is 0 Å². The molecule has 3 heteroatoms. The third-order valence-electron chi connectivity index (χ3n) is 5.68. The molecule has 2 bridgehead atoms. The van der Waals surface area contributed by atoms with Crippen molar-refractivity contribution in [1.29, 1.82) is 0 Å². The molecule has 1 unspecified atom stereocenters. The Morgan fingerprint density at radius 2 is 2.06 bits per heavy atom. The first-order chi connectivity index (χ1) is 8.73. The monoisotopic (exact) mass is 269 g/mol. The molecule has 0 aromatic carbocycles. The van der Waals surface area contributed by atoms with Gasteiger partial charge >= 0.3 is 0 Å². The number of hydrogen-bond acceptors (Lipinski definition) is 1. The maximum absolute atomic E-state index is 12.1. The fourth-order valence-corrected chi connectivity index (χ4v) is 4.99. The van der Waals surface area contributed by atoms with Gasteiger partial charge in [-0.05, 0) is 49.4 Å². The van der Waals surface area contributed by atoms with Crippen LogP contribution >= 0.6 is 11.6 Å². The molecular weight excluding hydrogens is 246 g/mol. The summed E-state index contributed by atoms with van der Waals surface area (Å²) in [6.07, 6.45) is 10.2. The average Bonchev–Trinajstić information content (AvgIpc) is 2.40. The molecule has 0 aromatic rings. The van der Waals surface area contributed by atoms with Crippen LogP contribution in [0.1, 0.15) is 51.4 Å². The molecule has 0 aromatic heterocycles. The van der Waals surface area contributed by atoms with Crippen molar-refractivity contribution in [3.63, 3.8) is 0 Å². The van der Waals surface area contributed by atoms with Crippen LogP contribution in [-0.4, -0.2) is 29.8 Å². The van der Waals surface area contributed by atoms with Crippen LogP contribution in [0.25, 0.3) is 0 Å². The van der Waals surface area contributed by atoms with Gasteiger partial charge in [0.05, 0.1) is 0 Å². The second-order valence-corrected chi connectivity index (χ2v) is 7.02. The second-order valence-electron chi connectivity index (χ2n) is 6.64. The van der Waals surface area contributed by atoms with Gasteiger partial charge in [-0.15, -0.1) is 11.6 Å². The highest BCUT2D eigenvalue weighted by Gasteiger charge is 2.49. The summed E-state index contributed by atoms with van der Waals surface area (Å²) in [5, 5.41) is 0. The molecule has 1 aliphatic heterocycles. The van der Waals surface area contributed by atoms with E-state index in [0.29, 0.717) is 17.7 Å². The number of nitrogens with zero attached hydrogens (tertiary/aromatic N) is 1. The van der Waals surface area contributed by atoms with Gasteiger partial charge in [0.25, 0.3) is 0 Å². The van der Waals surface area contributed by atoms with Gasteiger partial charge in [0, 0.05) is 25.4 Å². The van der Waals surface area contributed by atoms with Crippen molar-refractivity contribution in [2.75, 3.05) is 19.0 Å². The molecule has 4 rings (SSSR count). The van der Waals surface area contributed by atoms with Crippen molar-refractivity contribution < 1.29 is 4.79 Å². The first-order valence-corrected chi connectivity index (χ1v) is 8.11. The topological polar surface area (TPSA) is 20.3 Å². The Kier molecular flexibility index (Phi) is 3.57. The number of amides is 1. The summed E-state index contributed by atoms with van der Waals surface area (Å²) in [5.74, 6) is 2.60. The van der Waals surface area contributed by atoms with E-state index in [1.54, 1.807) is 0 Å². The lowest BCUT2D eigenvalue weighted by molar-refractivity contribution is -0.139. The minimum atomic E-state index is 0.283. The summed E-state index contributed by atoms with van der Waals surface area (Å²) in [6.45, 7) is 2.00. The highest BCUT2D eigenvalue weighted by molar-refractivity contribution is 6.18. The highest BCUT2D eigenvalue weighted by Crippen LogP contribution is 2.56. The van der Waals surface area contributed by atoms with Crippen LogP contribution in [0.2, 0.25) is 0 Å². The van der Waals surface area contributed by atoms with Crippen LogP contribution in [0.15, 0.2) is 0 Å². The van der Waals surface area contributed by atoms with Gasteiger partial charge in [-0.3, -0.25) is 4.79 Å². The number of alkyl halides is 1. The number of likely N-dealkylation sites (tertiary alicyclic amines) is 1. The third kappa shape index (κ3) is 2.17. The van der Waals surface area contributed by atoms with E-state index in [9.17, 15) is 4.79 Å².